The number of pyridine rings is 1. The van der Waals surface area contributed by atoms with Gasteiger partial charge in [-0.2, -0.15) is 0 Å². The van der Waals surface area contributed by atoms with Crippen LogP contribution in [0.25, 0.3) is 11.1 Å². The minimum absolute atomic E-state index is 0.235. The summed E-state index contributed by atoms with van der Waals surface area (Å²) in [5.41, 5.74) is 4.51. The summed E-state index contributed by atoms with van der Waals surface area (Å²) < 4.78 is 19.7. The van der Waals surface area contributed by atoms with Crippen LogP contribution >= 0.6 is 11.3 Å². The van der Waals surface area contributed by atoms with Crippen LogP contribution in [0.5, 0.6) is 0 Å². The number of hydrogen-bond donors (Lipinski definition) is 3. The van der Waals surface area contributed by atoms with Gasteiger partial charge in [0.25, 0.3) is 5.91 Å². The van der Waals surface area contributed by atoms with Crippen LogP contribution in [0.1, 0.15) is 30.7 Å². The molecule has 0 unspecified atom stereocenters. The summed E-state index contributed by atoms with van der Waals surface area (Å²) in [5.74, 6) is -0.979. The largest absolute Gasteiger partial charge is 0.482 e. The zero-order valence-electron chi connectivity index (χ0n) is 18.8. The molecule has 0 aliphatic carbocycles. The number of aromatic nitrogens is 2. The van der Waals surface area contributed by atoms with Gasteiger partial charge in [0, 0.05) is 34.7 Å². The van der Waals surface area contributed by atoms with E-state index in [0.29, 0.717) is 34.1 Å². The summed E-state index contributed by atoms with van der Waals surface area (Å²) in [7, 11) is 0. The Morgan fingerprint density at radius 1 is 1.29 bits per heavy atom. The number of rotatable bonds is 6. The number of carboxylic acid groups (broad SMARTS) is 1. The first-order chi connectivity index (χ1) is 16.7. The lowest BCUT2D eigenvalue weighted by atomic mass is 9.93. The molecule has 5 rings (SSSR count). The molecule has 3 N–H and O–H groups in total. The number of ether oxygens (including phenoxy) is 1. The number of halogens is 1. The predicted octanol–water partition coefficient (Wildman–Crippen LogP) is 4.34. The van der Waals surface area contributed by atoms with Crippen LogP contribution in [0.15, 0.2) is 59.3 Å². The van der Waals surface area contributed by atoms with Gasteiger partial charge in [-0.1, -0.05) is 0 Å². The van der Waals surface area contributed by atoms with Crippen molar-refractivity contribution >= 4 is 45.9 Å². The minimum atomic E-state index is -0.997. The maximum atomic E-state index is 13.6. The lowest BCUT2D eigenvalue weighted by molar-refractivity contribution is -0.137. The molecule has 2 aromatic heterocycles. The summed E-state index contributed by atoms with van der Waals surface area (Å²) in [6, 6.07) is 6.79. The van der Waals surface area contributed by atoms with E-state index in [1.54, 1.807) is 29.9 Å². The third kappa shape index (κ3) is 4.40. The van der Waals surface area contributed by atoms with Crippen LogP contribution < -0.4 is 10.6 Å². The van der Waals surface area contributed by atoms with E-state index >= 15 is 0 Å². The Morgan fingerprint density at radius 3 is 2.80 bits per heavy atom. The summed E-state index contributed by atoms with van der Waals surface area (Å²) in [6.07, 6.45) is 3.66. The second-order valence-electron chi connectivity index (χ2n) is 8.70. The van der Waals surface area contributed by atoms with Gasteiger partial charge in [0.2, 0.25) is 0 Å². The SMILES string of the molecule is CC1(C)O/C(=C2/C(=O)Nc3cc(F)ccc32)C=C1c1ccc(N[C@H](Cc2cscn2)C(=O)O)nc1. The second kappa shape index (κ2) is 8.62. The van der Waals surface area contributed by atoms with E-state index in [9.17, 15) is 19.1 Å². The average molecular weight is 493 g/mol. The molecule has 1 aromatic carbocycles. The zero-order valence-corrected chi connectivity index (χ0v) is 19.6. The van der Waals surface area contributed by atoms with E-state index in [2.05, 4.69) is 20.6 Å². The molecule has 0 radical (unpaired) electrons. The van der Waals surface area contributed by atoms with Gasteiger partial charge in [0.1, 0.15) is 29.0 Å². The molecule has 0 spiro atoms. The first-order valence-electron chi connectivity index (χ1n) is 10.8. The monoisotopic (exact) mass is 492 g/mol. The van der Waals surface area contributed by atoms with Gasteiger partial charge >= 0.3 is 5.97 Å². The van der Waals surface area contributed by atoms with Crippen molar-refractivity contribution in [3.63, 3.8) is 0 Å². The highest BCUT2D eigenvalue weighted by Gasteiger charge is 2.38. The Balaban J connectivity index is 1.42. The van der Waals surface area contributed by atoms with E-state index in [-0.39, 0.29) is 12.3 Å². The highest BCUT2D eigenvalue weighted by Crippen LogP contribution is 2.44. The molecule has 0 saturated carbocycles. The molecule has 0 saturated heterocycles. The number of nitrogens with zero attached hydrogens (tertiary/aromatic N) is 2. The number of carboxylic acids is 1. The molecule has 35 heavy (non-hydrogen) atoms. The smallest absolute Gasteiger partial charge is 0.326 e. The van der Waals surface area contributed by atoms with Gasteiger partial charge in [-0.3, -0.25) is 4.79 Å². The fraction of sp³-hybridized carbons (Fsp3) is 0.200. The number of thiazole rings is 1. The van der Waals surface area contributed by atoms with Crippen molar-refractivity contribution < 1.29 is 23.8 Å². The van der Waals surface area contributed by atoms with Gasteiger partial charge in [-0.25, -0.2) is 19.2 Å². The predicted molar refractivity (Wildman–Crippen MR) is 130 cm³/mol. The maximum Gasteiger partial charge on any atom is 0.326 e. The Morgan fingerprint density at radius 2 is 2.11 bits per heavy atom. The molecule has 8 nitrogen and oxygen atoms in total. The Hall–Kier alpha value is -4.05. The fourth-order valence-corrected chi connectivity index (χ4v) is 4.74. The van der Waals surface area contributed by atoms with Crippen LogP contribution in [-0.2, 0) is 20.7 Å². The molecule has 4 heterocycles. The van der Waals surface area contributed by atoms with Gasteiger partial charge in [0.15, 0.2) is 0 Å². The standard InChI is InChI=1S/C25H21FN4O4S/c1-25(2)17(9-20(34-25)22-16-5-4-14(26)7-18(16)30-23(22)31)13-3-6-21(27-10-13)29-19(24(32)33)8-15-11-35-12-28-15/h3-7,9-12,19H,8H2,1-2H3,(H,27,29)(H,30,31)(H,32,33)/b22-20+/t19-/m1/s1. The number of benzene rings is 1. The van der Waals surface area contributed by atoms with Gasteiger partial charge in [0.05, 0.1) is 22.5 Å². The van der Waals surface area contributed by atoms with Crippen molar-refractivity contribution in [2.45, 2.75) is 31.9 Å². The lowest BCUT2D eigenvalue weighted by Crippen LogP contribution is -2.32. The normalized spacial score (nSPS) is 18.9. The topological polar surface area (TPSA) is 113 Å². The fourth-order valence-electron chi connectivity index (χ4n) is 4.17. The summed E-state index contributed by atoms with van der Waals surface area (Å²) in [6.45, 7) is 3.76. The Labute approximate surface area is 204 Å². The van der Waals surface area contributed by atoms with Crippen molar-refractivity contribution in [1.29, 1.82) is 0 Å². The second-order valence-corrected chi connectivity index (χ2v) is 9.42. The van der Waals surface area contributed by atoms with Gasteiger partial charge < -0.3 is 20.5 Å². The number of carbonyl (C=O) groups excluding carboxylic acids is 1. The van der Waals surface area contributed by atoms with Crippen LogP contribution in [0.3, 0.4) is 0 Å². The molecule has 2 aliphatic heterocycles. The third-order valence-corrected chi connectivity index (χ3v) is 6.49. The van der Waals surface area contributed by atoms with E-state index < -0.39 is 23.4 Å². The van der Waals surface area contributed by atoms with Crippen molar-refractivity contribution in [3.8, 4) is 0 Å². The molecular weight excluding hydrogens is 471 g/mol. The van der Waals surface area contributed by atoms with Crippen molar-refractivity contribution in [1.82, 2.24) is 9.97 Å². The minimum Gasteiger partial charge on any atom is -0.482 e. The molecule has 10 heteroatoms. The zero-order chi connectivity index (χ0) is 24.7. The van der Waals surface area contributed by atoms with E-state index in [1.165, 1.54) is 23.5 Å². The molecule has 178 valence electrons. The van der Waals surface area contributed by atoms with Crippen LogP contribution in [-0.4, -0.2) is 38.6 Å². The number of nitrogens with one attached hydrogen (secondary N) is 2. The average Bonchev–Trinajstić information content (AvgIpc) is 3.50. The first-order valence-corrected chi connectivity index (χ1v) is 11.7. The summed E-state index contributed by atoms with van der Waals surface area (Å²) in [5, 5.41) is 17.0. The van der Waals surface area contributed by atoms with E-state index in [4.69, 9.17) is 4.74 Å². The highest BCUT2D eigenvalue weighted by molar-refractivity contribution is 7.07. The molecular formula is C25H21FN4O4S. The first kappa shape index (κ1) is 22.7. The summed E-state index contributed by atoms with van der Waals surface area (Å²) in [4.78, 5) is 32.9. The Bertz CT molecular complexity index is 1380. The number of fused-ring (bicyclic) bond motifs is 1. The molecule has 3 aromatic rings. The maximum absolute atomic E-state index is 13.6. The van der Waals surface area contributed by atoms with Gasteiger partial charge in [-0.15, -0.1) is 11.3 Å². The quantitative estimate of drug-likeness (QED) is 0.439. The van der Waals surface area contributed by atoms with Crippen molar-refractivity contribution in [2.24, 2.45) is 0 Å². The number of allylic oxidation sites excluding steroid dienone is 1. The number of anilines is 2. The van der Waals surface area contributed by atoms with Crippen LogP contribution in [0, 0.1) is 5.82 Å². The number of amides is 1. The molecule has 1 atom stereocenters. The lowest BCUT2D eigenvalue weighted by Gasteiger charge is -2.23. The number of carbonyl (C=O) groups is 2. The molecule has 1 amide bonds. The van der Waals surface area contributed by atoms with Crippen LogP contribution in [0.4, 0.5) is 15.9 Å². The van der Waals surface area contributed by atoms with Crippen molar-refractivity contribution in [3.05, 3.63) is 81.9 Å². The number of hydrogen-bond acceptors (Lipinski definition) is 7. The summed E-state index contributed by atoms with van der Waals surface area (Å²) >= 11 is 1.41. The Kier molecular flexibility index (Phi) is 5.60. The third-order valence-electron chi connectivity index (χ3n) is 5.85. The van der Waals surface area contributed by atoms with Crippen LogP contribution in [0.2, 0.25) is 0 Å². The van der Waals surface area contributed by atoms with E-state index in [1.807, 2.05) is 25.3 Å². The van der Waals surface area contributed by atoms with Crippen molar-refractivity contribution in [2.75, 3.05) is 10.6 Å². The highest BCUT2D eigenvalue weighted by atomic mass is 32.1. The van der Waals surface area contributed by atoms with E-state index in [0.717, 1.165) is 11.1 Å². The molecule has 0 bridgehead atoms. The molecule has 2 aliphatic rings. The molecule has 0 fully saturated rings. The van der Waals surface area contributed by atoms with Gasteiger partial charge in [-0.05, 0) is 50.3 Å². The number of aliphatic carboxylic acids is 1.